The van der Waals surface area contributed by atoms with Gasteiger partial charge in [0, 0.05) is 24.5 Å². The summed E-state index contributed by atoms with van der Waals surface area (Å²) in [5.41, 5.74) is 4.39. The summed E-state index contributed by atoms with van der Waals surface area (Å²) in [5, 5.41) is 7.33. The maximum Gasteiger partial charge on any atom is 0.255 e. The number of carbonyl (C=O) groups excluding carboxylic acids is 1. The first-order chi connectivity index (χ1) is 12.0. The van der Waals surface area contributed by atoms with Gasteiger partial charge in [-0.05, 0) is 24.1 Å². The van der Waals surface area contributed by atoms with Crippen LogP contribution in [-0.4, -0.2) is 33.0 Å². The molecule has 5 heteroatoms. The Morgan fingerprint density at radius 2 is 1.92 bits per heavy atom. The molecule has 2 heterocycles. The van der Waals surface area contributed by atoms with Crippen LogP contribution in [-0.2, 0) is 6.54 Å². The summed E-state index contributed by atoms with van der Waals surface area (Å²) >= 11 is 0. The van der Waals surface area contributed by atoms with Gasteiger partial charge in [0.05, 0.1) is 23.5 Å². The lowest BCUT2D eigenvalue weighted by Crippen LogP contribution is -2.26. The van der Waals surface area contributed by atoms with Gasteiger partial charge in [0.25, 0.3) is 5.91 Å². The number of benzene rings is 1. The Morgan fingerprint density at radius 1 is 1.16 bits per heavy atom. The van der Waals surface area contributed by atoms with Crippen LogP contribution in [0.2, 0.25) is 0 Å². The van der Waals surface area contributed by atoms with Gasteiger partial charge in [0.15, 0.2) is 0 Å². The van der Waals surface area contributed by atoms with E-state index in [0.29, 0.717) is 18.0 Å². The Bertz CT molecular complexity index is 838. The number of aromatic nitrogens is 3. The second-order valence-corrected chi connectivity index (χ2v) is 6.43. The minimum Gasteiger partial charge on any atom is -0.336 e. The van der Waals surface area contributed by atoms with Gasteiger partial charge >= 0.3 is 0 Å². The maximum atomic E-state index is 12.6. The third-order valence-electron chi connectivity index (χ3n) is 4.08. The summed E-state index contributed by atoms with van der Waals surface area (Å²) in [6.45, 7) is 4.63. The van der Waals surface area contributed by atoms with Crippen LogP contribution < -0.4 is 0 Å². The average molecular weight is 334 g/mol. The van der Waals surface area contributed by atoms with Crippen LogP contribution in [0.5, 0.6) is 0 Å². The maximum absolute atomic E-state index is 12.6. The summed E-state index contributed by atoms with van der Waals surface area (Å²) < 4.78 is 0. The van der Waals surface area contributed by atoms with Crippen molar-refractivity contribution in [2.75, 3.05) is 7.05 Å². The van der Waals surface area contributed by atoms with Gasteiger partial charge in [-0.15, -0.1) is 0 Å². The number of nitrogens with one attached hydrogen (secondary N) is 1. The molecular formula is C20H22N4O. The molecule has 128 valence electrons. The van der Waals surface area contributed by atoms with Crippen LogP contribution in [0, 0.1) is 0 Å². The van der Waals surface area contributed by atoms with Crippen molar-refractivity contribution in [1.82, 2.24) is 20.1 Å². The normalized spacial score (nSPS) is 10.9. The van der Waals surface area contributed by atoms with Crippen LogP contribution in [0.3, 0.4) is 0 Å². The van der Waals surface area contributed by atoms with Crippen LogP contribution >= 0.6 is 0 Å². The van der Waals surface area contributed by atoms with E-state index >= 15 is 0 Å². The van der Waals surface area contributed by atoms with Gasteiger partial charge in [-0.2, -0.15) is 5.10 Å². The second kappa shape index (κ2) is 7.30. The molecule has 25 heavy (non-hydrogen) atoms. The third kappa shape index (κ3) is 3.94. The largest absolute Gasteiger partial charge is 0.336 e. The van der Waals surface area contributed by atoms with Crippen molar-refractivity contribution in [3.05, 3.63) is 71.7 Å². The smallest absolute Gasteiger partial charge is 0.255 e. The van der Waals surface area contributed by atoms with Crippen molar-refractivity contribution in [3.8, 4) is 11.3 Å². The van der Waals surface area contributed by atoms with Gasteiger partial charge in [0.1, 0.15) is 0 Å². The van der Waals surface area contributed by atoms with Crippen molar-refractivity contribution >= 4 is 5.91 Å². The molecule has 1 aromatic carbocycles. The lowest BCUT2D eigenvalue weighted by Gasteiger charge is -2.16. The fourth-order valence-electron chi connectivity index (χ4n) is 2.62. The highest BCUT2D eigenvalue weighted by Gasteiger charge is 2.14. The summed E-state index contributed by atoms with van der Waals surface area (Å²) in [5.74, 6) is 0.293. The fraction of sp³-hybridized carbons (Fsp3) is 0.250. The number of H-pyrrole nitrogens is 1. The molecule has 1 N–H and O–H groups in total. The number of aromatic amines is 1. The Kier molecular flexibility index (Phi) is 4.93. The van der Waals surface area contributed by atoms with E-state index in [0.717, 1.165) is 22.6 Å². The molecule has 0 aliphatic carbocycles. The number of pyridine rings is 1. The van der Waals surface area contributed by atoms with E-state index in [1.54, 1.807) is 18.1 Å². The SMILES string of the molecule is CC(C)c1ccc(C(=O)N(C)Cc2cc(-c3ccccc3)n[nH]2)cn1. The summed E-state index contributed by atoms with van der Waals surface area (Å²) in [4.78, 5) is 18.6. The Morgan fingerprint density at radius 3 is 2.56 bits per heavy atom. The Hall–Kier alpha value is -2.95. The molecule has 5 nitrogen and oxygen atoms in total. The zero-order chi connectivity index (χ0) is 17.8. The Labute approximate surface area is 147 Å². The van der Waals surface area contributed by atoms with Crippen molar-refractivity contribution in [1.29, 1.82) is 0 Å². The van der Waals surface area contributed by atoms with Crippen LogP contribution in [0.15, 0.2) is 54.7 Å². The predicted octanol–water partition coefficient (Wildman–Crippen LogP) is 3.87. The third-order valence-corrected chi connectivity index (χ3v) is 4.08. The van der Waals surface area contributed by atoms with Gasteiger partial charge in [-0.1, -0.05) is 44.2 Å². The number of hydrogen-bond acceptors (Lipinski definition) is 3. The van der Waals surface area contributed by atoms with Gasteiger partial charge in [-0.3, -0.25) is 14.9 Å². The first-order valence-corrected chi connectivity index (χ1v) is 8.35. The number of amides is 1. The zero-order valence-corrected chi connectivity index (χ0v) is 14.7. The van der Waals surface area contributed by atoms with Gasteiger partial charge in [-0.25, -0.2) is 0 Å². The average Bonchev–Trinajstić information content (AvgIpc) is 3.10. The molecule has 0 aliphatic rings. The molecule has 0 saturated heterocycles. The van der Waals surface area contributed by atoms with E-state index in [4.69, 9.17) is 0 Å². The first kappa shape index (κ1) is 16.9. The highest BCUT2D eigenvalue weighted by atomic mass is 16.2. The monoisotopic (exact) mass is 334 g/mol. The minimum atomic E-state index is -0.0568. The molecule has 2 aromatic heterocycles. The van der Waals surface area contributed by atoms with E-state index in [1.807, 2.05) is 48.5 Å². The van der Waals surface area contributed by atoms with Crippen molar-refractivity contribution < 1.29 is 4.79 Å². The molecular weight excluding hydrogens is 312 g/mol. The Balaban J connectivity index is 1.68. The summed E-state index contributed by atoms with van der Waals surface area (Å²) in [6, 6.07) is 15.7. The van der Waals surface area contributed by atoms with E-state index in [-0.39, 0.29) is 5.91 Å². The topological polar surface area (TPSA) is 61.9 Å². The summed E-state index contributed by atoms with van der Waals surface area (Å²) in [6.07, 6.45) is 1.65. The molecule has 3 aromatic rings. The van der Waals surface area contributed by atoms with Crippen molar-refractivity contribution in [2.45, 2.75) is 26.3 Å². The quantitative estimate of drug-likeness (QED) is 0.770. The molecule has 0 atom stereocenters. The van der Waals surface area contributed by atoms with Crippen LogP contribution in [0.4, 0.5) is 0 Å². The predicted molar refractivity (Wildman–Crippen MR) is 98.1 cm³/mol. The minimum absolute atomic E-state index is 0.0568. The molecule has 0 fully saturated rings. The van der Waals surface area contributed by atoms with Gasteiger partial charge in [0.2, 0.25) is 0 Å². The zero-order valence-electron chi connectivity index (χ0n) is 14.7. The molecule has 3 rings (SSSR count). The van der Waals surface area contributed by atoms with Gasteiger partial charge < -0.3 is 4.90 Å². The van der Waals surface area contributed by atoms with E-state index in [1.165, 1.54) is 0 Å². The number of rotatable bonds is 5. The van der Waals surface area contributed by atoms with E-state index < -0.39 is 0 Å². The summed E-state index contributed by atoms with van der Waals surface area (Å²) in [7, 11) is 1.78. The molecule has 0 spiro atoms. The number of nitrogens with zero attached hydrogens (tertiary/aromatic N) is 3. The van der Waals surface area contributed by atoms with Crippen molar-refractivity contribution in [3.63, 3.8) is 0 Å². The molecule has 0 radical (unpaired) electrons. The second-order valence-electron chi connectivity index (χ2n) is 6.43. The lowest BCUT2D eigenvalue weighted by atomic mass is 10.1. The van der Waals surface area contributed by atoms with Crippen molar-refractivity contribution in [2.24, 2.45) is 0 Å². The molecule has 0 saturated carbocycles. The molecule has 0 aliphatic heterocycles. The molecule has 0 bridgehead atoms. The molecule has 1 amide bonds. The van der Waals surface area contributed by atoms with Crippen LogP contribution in [0.1, 0.15) is 41.5 Å². The lowest BCUT2D eigenvalue weighted by molar-refractivity contribution is 0.0783. The number of carbonyl (C=O) groups is 1. The number of hydrogen-bond donors (Lipinski definition) is 1. The highest BCUT2D eigenvalue weighted by Crippen LogP contribution is 2.18. The molecule has 0 unspecified atom stereocenters. The van der Waals surface area contributed by atoms with E-state index in [9.17, 15) is 4.79 Å². The van der Waals surface area contributed by atoms with Crippen LogP contribution in [0.25, 0.3) is 11.3 Å². The highest BCUT2D eigenvalue weighted by molar-refractivity contribution is 5.93. The van der Waals surface area contributed by atoms with E-state index in [2.05, 4.69) is 29.0 Å². The fourth-order valence-corrected chi connectivity index (χ4v) is 2.62. The first-order valence-electron chi connectivity index (χ1n) is 8.35. The standard InChI is InChI=1S/C20H22N4O/c1-14(2)18-10-9-16(12-21-18)20(25)24(3)13-17-11-19(23-22-17)15-7-5-4-6-8-15/h4-12,14H,13H2,1-3H3,(H,22,23).